The van der Waals surface area contributed by atoms with Gasteiger partial charge in [-0.25, -0.2) is 0 Å². The number of carbonyl (C=O) groups is 3. The Hall–Kier alpha value is -5.67. The van der Waals surface area contributed by atoms with Gasteiger partial charge >= 0.3 is 17.9 Å². The molecule has 15 atom stereocenters. The summed E-state index contributed by atoms with van der Waals surface area (Å²) in [5.74, 6) is -2.19. The molecule has 3 saturated heterocycles. The van der Waals surface area contributed by atoms with Crippen LogP contribution in [0.25, 0.3) is 0 Å². The molecule has 7 fully saturated rings. The number of esters is 3. The predicted molar refractivity (Wildman–Crippen MR) is 322 cm³/mol. The summed E-state index contributed by atoms with van der Waals surface area (Å²) in [4.78, 5) is 53.0. The second kappa shape index (κ2) is 19.2. The summed E-state index contributed by atoms with van der Waals surface area (Å²) in [6.45, 7) is 4.85. The quantitative estimate of drug-likeness (QED) is 0.0785. The van der Waals surface area contributed by atoms with E-state index in [0.717, 1.165) is 53.0 Å². The van der Waals surface area contributed by atoms with Crippen molar-refractivity contribution in [1.29, 1.82) is 0 Å². The van der Waals surface area contributed by atoms with Crippen molar-refractivity contribution in [3.63, 3.8) is 0 Å². The molecule has 4 saturated carbocycles. The number of hydrogen-bond acceptors (Lipinski definition) is 18. The molecule has 0 radical (unpaired) electrons. The first-order valence-electron chi connectivity index (χ1n) is 34.2. The average Bonchev–Trinajstić information content (AvgIpc) is 1.34. The molecule has 474 valence electrons. The number of aliphatic hydroxyl groups is 6. The number of piperidine rings is 3. The highest BCUT2D eigenvalue weighted by Crippen LogP contribution is 2.68. The van der Waals surface area contributed by atoms with Crippen molar-refractivity contribution in [1.82, 2.24) is 14.7 Å². The summed E-state index contributed by atoms with van der Waals surface area (Å²) in [7, 11) is 0. The zero-order valence-corrected chi connectivity index (χ0v) is 50.8. The number of likely N-dealkylation sites (tertiary alicyclic amines) is 3. The summed E-state index contributed by atoms with van der Waals surface area (Å²) in [5.41, 5.74) is -1.89. The first kappa shape index (κ1) is 55.9. The third kappa shape index (κ3) is 7.13. The van der Waals surface area contributed by atoms with Crippen molar-refractivity contribution in [2.45, 2.75) is 203 Å². The molecule has 6 N–H and O–H groups in total. The van der Waals surface area contributed by atoms with Crippen LogP contribution in [0.3, 0.4) is 0 Å². The summed E-state index contributed by atoms with van der Waals surface area (Å²) in [5, 5.41) is 74.2. The monoisotopic (exact) mass is 1230 g/mol. The molecule has 3 aromatic carbocycles. The molecule has 6 heterocycles. The van der Waals surface area contributed by atoms with Gasteiger partial charge in [-0.15, -0.1) is 0 Å². The number of rotatable bonds is 12. The highest BCUT2D eigenvalue weighted by molar-refractivity contribution is 5.85. The van der Waals surface area contributed by atoms with Crippen LogP contribution in [0.15, 0.2) is 72.9 Å². The number of benzene rings is 3. The van der Waals surface area contributed by atoms with Crippen LogP contribution >= 0.6 is 0 Å². The van der Waals surface area contributed by atoms with Gasteiger partial charge in [-0.05, 0) is 169 Å². The molecule has 18 nitrogen and oxygen atoms in total. The van der Waals surface area contributed by atoms with Crippen molar-refractivity contribution in [3.8, 4) is 34.5 Å². The fraction of sp³-hybridized carbons (Fsp3) is 0.625. The minimum absolute atomic E-state index is 0.0512. The molecule has 3 aromatic rings. The molecule has 16 aliphatic rings. The SMILES string of the molecule is O=C(Oc1ccc2c3c1OC1C(O)C=CC4(O)C(C2)N(CC2CCC2)CCC314)C1CC(C(=O)Oc2ccc3c4c2OC2C(O)C=CC5(O)C(C3)N(CC3CCC3)CCC425)CC(C(=O)Oc2ccc3c4c2OC2C(O)C=CC5(O)C(C3)N(CC3CCC3)CCC425)C1. The molecule has 0 aromatic heterocycles. The molecule has 6 aliphatic heterocycles. The van der Waals surface area contributed by atoms with Gasteiger partial charge in [0.25, 0.3) is 0 Å². The van der Waals surface area contributed by atoms with E-state index in [1.165, 1.54) is 57.8 Å². The number of ether oxygens (including phenoxy) is 6. The highest BCUT2D eigenvalue weighted by atomic mass is 16.6. The zero-order valence-electron chi connectivity index (χ0n) is 50.8. The Morgan fingerprint density at radius 2 is 0.733 bits per heavy atom. The van der Waals surface area contributed by atoms with Gasteiger partial charge in [-0.2, -0.15) is 0 Å². The Morgan fingerprint density at radius 3 is 1.00 bits per heavy atom. The summed E-state index contributed by atoms with van der Waals surface area (Å²) in [6, 6.07) is 10.3. The molecule has 6 bridgehead atoms. The summed E-state index contributed by atoms with van der Waals surface area (Å²) in [6.07, 6.45) is 18.4. The first-order chi connectivity index (χ1) is 43.5. The zero-order chi connectivity index (χ0) is 60.8. The van der Waals surface area contributed by atoms with Gasteiger partial charge in [0.1, 0.15) is 53.4 Å². The van der Waals surface area contributed by atoms with Gasteiger partial charge in [-0.1, -0.05) is 73.9 Å². The minimum Gasteiger partial charge on any atom is -0.482 e. The molecule has 0 amide bonds. The largest absolute Gasteiger partial charge is 0.482 e. The Labute approximate surface area is 522 Å². The first-order valence-corrected chi connectivity index (χ1v) is 34.2. The Morgan fingerprint density at radius 1 is 0.444 bits per heavy atom. The smallest absolute Gasteiger partial charge is 0.314 e. The maximum absolute atomic E-state index is 15.2. The van der Waals surface area contributed by atoms with E-state index in [2.05, 4.69) is 14.7 Å². The van der Waals surface area contributed by atoms with Crippen molar-refractivity contribution in [2.24, 2.45) is 35.5 Å². The van der Waals surface area contributed by atoms with Crippen LogP contribution in [0.1, 0.15) is 130 Å². The van der Waals surface area contributed by atoms with Crippen molar-refractivity contribution < 1.29 is 73.4 Å². The van der Waals surface area contributed by atoms with E-state index in [4.69, 9.17) is 28.4 Å². The van der Waals surface area contributed by atoms with Gasteiger partial charge in [0.2, 0.25) is 0 Å². The number of hydrogen-bond donors (Lipinski definition) is 6. The van der Waals surface area contributed by atoms with E-state index in [1.54, 1.807) is 54.7 Å². The van der Waals surface area contributed by atoms with E-state index in [-0.39, 0.29) is 54.6 Å². The molecule has 19 rings (SSSR count). The second-order valence-corrected chi connectivity index (χ2v) is 30.7. The fourth-order valence-corrected chi connectivity index (χ4v) is 21.9. The number of nitrogens with zero attached hydrogens (tertiary/aromatic N) is 3. The lowest BCUT2D eigenvalue weighted by Crippen LogP contribution is -2.75. The van der Waals surface area contributed by atoms with Gasteiger partial charge in [0.05, 0.1) is 34.0 Å². The normalized spacial score (nSPS) is 42.5. The molecule has 90 heavy (non-hydrogen) atoms. The molecule has 10 aliphatic carbocycles. The van der Waals surface area contributed by atoms with E-state index >= 15 is 14.4 Å². The summed E-state index contributed by atoms with van der Waals surface area (Å²) >= 11 is 0. The number of aliphatic hydroxyl groups excluding tert-OH is 3. The van der Waals surface area contributed by atoms with Crippen LogP contribution in [0.4, 0.5) is 0 Å². The third-order valence-electron chi connectivity index (χ3n) is 26.8. The second-order valence-electron chi connectivity index (χ2n) is 30.7. The van der Waals surface area contributed by atoms with Gasteiger partial charge in [0.15, 0.2) is 34.5 Å². The molecule has 3 spiro atoms. The van der Waals surface area contributed by atoms with Crippen LogP contribution in [0.5, 0.6) is 34.5 Å². The van der Waals surface area contributed by atoms with E-state index in [9.17, 15) is 30.6 Å². The van der Waals surface area contributed by atoms with Crippen LogP contribution in [0, 0.1) is 35.5 Å². The number of carbonyl (C=O) groups excluding carboxylic acids is 3. The van der Waals surface area contributed by atoms with Crippen LogP contribution in [-0.2, 0) is 49.9 Å². The maximum Gasteiger partial charge on any atom is 0.314 e. The van der Waals surface area contributed by atoms with E-state index in [0.29, 0.717) is 93.2 Å². The third-order valence-corrected chi connectivity index (χ3v) is 26.8. The van der Waals surface area contributed by atoms with Crippen molar-refractivity contribution in [2.75, 3.05) is 39.3 Å². The lowest BCUT2D eigenvalue weighted by atomic mass is 9.50. The minimum atomic E-state index is -1.36. The van der Waals surface area contributed by atoms with Crippen LogP contribution < -0.4 is 28.4 Å². The molecule has 18 heteroatoms. The van der Waals surface area contributed by atoms with Gasteiger partial charge in [-0.3, -0.25) is 29.1 Å². The standard InChI is InChI=1S/C72H81N3O15/c76-46-16-19-70(82)52-31-40-10-13-49(58-55(40)67(70,61(46)88-58)22-25-73(52)34-37-4-1-5-37)85-64(79)43-28-44(65(80)86-50-14-11-41-32-53-71(83)20-17-47(77)62-68(71,56(41)59(50)89-62)23-26-74(53)35-38-6-2-7-38)30-45(29-43)66(81)87-51-15-12-42-33-54-72(84)21-18-48(78)63-69(72,57(42)60(51)90-63)24-27-75(54)36-39-8-3-9-39/h10-21,37-39,43-48,52-54,61-63,76-78,82-84H,1-9,22-36H2. The Kier molecular flexibility index (Phi) is 12.0. The van der Waals surface area contributed by atoms with Gasteiger partial charge in [0, 0.05) is 54.5 Å². The van der Waals surface area contributed by atoms with Crippen LogP contribution in [-0.4, -0.2) is 174 Å². The summed E-state index contributed by atoms with van der Waals surface area (Å²) < 4.78 is 39.8. The van der Waals surface area contributed by atoms with Gasteiger partial charge < -0.3 is 59.1 Å². The molecular formula is C72H81N3O15. The van der Waals surface area contributed by atoms with Crippen molar-refractivity contribution in [3.05, 3.63) is 106 Å². The maximum atomic E-state index is 15.2. The highest BCUT2D eigenvalue weighted by Gasteiger charge is 2.75. The lowest BCUT2D eigenvalue weighted by Gasteiger charge is -2.62. The molecular weight excluding hydrogens is 1150 g/mol. The topological polar surface area (TPSA) is 238 Å². The van der Waals surface area contributed by atoms with E-state index < -0.39 is 105 Å². The average molecular weight is 1230 g/mol. The molecule has 15 unspecified atom stereocenters. The fourth-order valence-electron chi connectivity index (χ4n) is 21.9. The van der Waals surface area contributed by atoms with Crippen molar-refractivity contribution >= 4 is 17.9 Å². The predicted octanol–water partition coefficient (Wildman–Crippen LogP) is 5.11. The Balaban J connectivity index is 0.646. The Bertz CT molecular complexity index is 3330. The van der Waals surface area contributed by atoms with Crippen LogP contribution in [0.2, 0.25) is 0 Å². The van der Waals surface area contributed by atoms with E-state index in [1.807, 2.05) is 18.2 Å². The lowest BCUT2D eigenvalue weighted by molar-refractivity contribution is -0.159.